The molecule has 1 aliphatic heterocycles. The molecule has 0 spiro atoms. The lowest BCUT2D eigenvalue weighted by Gasteiger charge is -2.34. The van der Waals surface area contributed by atoms with Gasteiger partial charge in [0, 0.05) is 37.9 Å². The first-order valence-electron chi connectivity index (χ1n) is 7.81. The monoisotopic (exact) mass is 335 g/mol. The largest absolute Gasteiger partial charge is 0.339 e. The smallest absolute Gasteiger partial charge is 0.242 e. The Balaban J connectivity index is 1.64. The molecule has 0 radical (unpaired) electrons. The van der Waals surface area contributed by atoms with Crippen molar-refractivity contribution in [3.05, 3.63) is 36.5 Å². The number of nitrogens with zero attached hydrogens (tertiary/aromatic N) is 3. The zero-order chi connectivity index (χ0) is 16.4. The van der Waals surface area contributed by atoms with E-state index in [4.69, 9.17) is 0 Å². The van der Waals surface area contributed by atoms with Crippen LogP contribution in [0.2, 0.25) is 0 Å². The van der Waals surface area contributed by atoms with E-state index in [0.29, 0.717) is 26.2 Å². The zero-order valence-electron chi connectivity index (χ0n) is 13.2. The topological polar surface area (TPSA) is 62.6 Å². The molecule has 1 aromatic carbocycles. The van der Waals surface area contributed by atoms with Gasteiger partial charge in [-0.3, -0.25) is 4.79 Å². The van der Waals surface area contributed by atoms with Crippen LogP contribution < -0.4 is 0 Å². The number of hydrogen-bond acceptors (Lipinski definition) is 3. The predicted molar refractivity (Wildman–Crippen MR) is 89.6 cm³/mol. The summed E-state index contributed by atoms with van der Waals surface area (Å²) in [5.41, 5.74) is 1.04. The summed E-state index contributed by atoms with van der Waals surface area (Å²) in [5, 5.41) is 1.11. The van der Waals surface area contributed by atoms with Gasteiger partial charge in [-0.2, -0.15) is 4.31 Å². The first-order chi connectivity index (χ1) is 11.0. The van der Waals surface area contributed by atoms with Crippen LogP contribution in [0.1, 0.15) is 6.92 Å². The van der Waals surface area contributed by atoms with Gasteiger partial charge in [0.25, 0.3) is 0 Å². The lowest BCUT2D eigenvalue weighted by atomic mass is 10.2. The molecular weight excluding hydrogens is 314 g/mol. The number of amides is 1. The molecule has 7 heteroatoms. The first-order valence-corrected chi connectivity index (χ1v) is 9.41. The number of piperazine rings is 1. The van der Waals surface area contributed by atoms with Gasteiger partial charge in [-0.1, -0.05) is 18.2 Å². The zero-order valence-corrected chi connectivity index (χ0v) is 14.0. The van der Waals surface area contributed by atoms with Gasteiger partial charge in [0.1, 0.15) is 6.54 Å². The number of fused-ring (bicyclic) bond motifs is 1. The normalized spacial score (nSPS) is 16.8. The highest BCUT2D eigenvalue weighted by atomic mass is 32.2. The number of benzene rings is 1. The molecule has 0 atom stereocenters. The SMILES string of the molecule is CCS(=O)(=O)N1CCN(C(=O)Cn2ccc3ccccc32)CC1. The maximum atomic E-state index is 12.5. The van der Waals surface area contributed by atoms with Gasteiger partial charge in [0.2, 0.25) is 15.9 Å². The number of sulfonamides is 1. The Kier molecular flexibility index (Phi) is 4.41. The second kappa shape index (κ2) is 6.33. The molecule has 2 heterocycles. The van der Waals surface area contributed by atoms with Crippen molar-refractivity contribution in [3.63, 3.8) is 0 Å². The van der Waals surface area contributed by atoms with Gasteiger partial charge in [-0.05, 0) is 24.4 Å². The molecule has 1 aliphatic rings. The molecule has 1 fully saturated rings. The minimum atomic E-state index is -3.16. The predicted octanol–water partition coefficient (Wildman–Crippen LogP) is 1.14. The van der Waals surface area contributed by atoms with Crippen molar-refractivity contribution in [2.45, 2.75) is 13.5 Å². The molecule has 0 aliphatic carbocycles. The van der Waals surface area contributed by atoms with Crippen LogP contribution >= 0.6 is 0 Å². The third-order valence-electron chi connectivity index (χ3n) is 4.34. The van der Waals surface area contributed by atoms with E-state index in [9.17, 15) is 13.2 Å². The number of rotatable bonds is 4. The van der Waals surface area contributed by atoms with E-state index in [1.165, 1.54) is 4.31 Å². The molecule has 0 N–H and O–H groups in total. The summed E-state index contributed by atoms with van der Waals surface area (Å²) in [6.45, 7) is 3.61. The van der Waals surface area contributed by atoms with Crippen molar-refractivity contribution in [1.82, 2.24) is 13.8 Å². The summed E-state index contributed by atoms with van der Waals surface area (Å²) in [4.78, 5) is 14.2. The number of aromatic nitrogens is 1. The van der Waals surface area contributed by atoms with Crippen LogP contribution in [-0.2, 0) is 21.4 Å². The summed E-state index contributed by atoms with van der Waals surface area (Å²) in [6.07, 6.45) is 1.92. The van der Waals surface area contributed by atoms with E-state index in [-0.39, 0.29) is 18.2 Å². The number of para-hydroxylation sites is 1. The van der Waals surface area contributed by atoms with E-state index >= 15 is 0 Å². The quantitative estimate of drug-likeness (QED) is 0.842. The Bertz CT molecular complexity index is 805. The Morgan fingerprint density at radius 2 is 1.78 bits per heavy atom. The highest BCUT2D eigenvalue weighted by Gasteiger charge is 2.27. The Hall–Kier alpha value is -1.86. The highest BCUT2D eigenvalue weighted by molar-refractivity contribution is 7.89. The molecule has 23 heavy (non-hydrogen) atoms. The molecule has 1 amide bonds. The average Bonchev–Trinajstić information content (AvgIpc) is 2.98. The van der Waals surface area contributed by atoms with Crippen molar-refractivity contribution in [1.29, 1.82) is 0 Å². The van der Waals surface area contributed by atoms with Crippen LogP contribution in [0.25, 0.3) is 10.9 Å². The van der Waals surface area contributed by atoms with Gasteiger partial charge < -0.3 is 9.47 Å². The van der Waals surface area contributed by atoms with Gasteiger partial charge in [0.05, 0.1) is 5.75 Å². The van der Waals surface area contributed by atoms with E-state index < -0.39 is 10.0 Å². The molecule has 0 bridgehead atoms. The third kappa shape index (κ3) is 3.25. The minimum absolute atomic E-state index is 0.0277. The molecule has 0 unspecified atom stereocenters. The van der Waals surface area contributed by atoms with E-state index in [0.717, 1.165) is 10.9 Å². The van der Waals surface area contributed by atoms with Gasteiger partial charge in [0.15, 0.2) is 0 Å². The van der Waals surface area contributed by atoms with Crippen molar-refractivity contribution < 1.29 is 13.2 Å². The van der Waals surface area contributed by atoms with Crippen LogP contribution in [0, 0.1) is 0 Å². The summed E-state index contributed by atoms with van der Waals surface area (Å²) in [6, 6.07) is 9.94. The molecule has 124 valence electrons. The fourth-order valence-electron chi connectivity index (χ4n) is 2.92. The number of carbonyl (C=O) groups is 1. The summed E-state index contributed by atoms with van der Waals surface area (Å²) >= 11 is 0. The summed E-state index contributed by atoms with van der Waals surface area (Å²) < 4.78 is 27.1. The van der Waals surface area contributed by atoms with E-state index in [2.05, 4.69) is 0 Å². The maximum Gasteiger partial charge on any atom is 0.242 e. The van der Waals surface area contributed by atoms with Gasteiger partial charge >= 0.3 is 0 Å². The standard InChI is InChI=1S/C16H21N3O3S/c1-2-23(21,22)19-11-9-17(10-12-19)16(20)13-18-8-7-14-5-3-4-6-15(14)18/h3-8H,2,9-13H2,1H3. The van der Waals surface area contributed by atoms with Gasteiger partial charge in [-0.15, -0.1) is 0 Å². The summed E-state index contributed by atoms with van der Waals surface area (Å²) in [5.74, 6) is 0.135. The average molecular weight is 335 g/mol. The van der Waals surface area contributed by atoms with Crippen molar-refractivity contribution in [2.24, 2.45) is 0 Å². The first kappa shape index (κ1) is 16.0. The van der Waals surface area contributed by atoms with Crippen LogP contribution in [0.15, 0.2) is 36.5 Å². The lowest BCUT2D eigenvalue weighted by Crippen LogP contribution is -2.51. The molecule has 3 rings (SSSR count). The molecule has 1 saturated heterocycles. The fourth-order valence-corrected chi connectivity index (χ4v) is 4.01. The lowest BCUT2D eigenvalue weighted by molar-refractivity contribution is -0.132. The van der Waals surface area contributed by atoms with E-state index in [1.807, 2.05) is 41.1 Å². The molecule has 1 aromatic heterocycles. The fraction of sp³-hybridized carbons (Fsp3) is 0.438. The number of carbonyl (C=O) groups excluding carboxylic acids is 1. The Labute approximate surface area is 136 Å². The highest BCUT2D eigenvalue weighted by Crippen LogP contribution is 2.16. The molecular formula is C16H21N3O3S. The summed E-state index contributed by atoms with van der Waals surface area (Å²) in [7, 11) is -3.16. The van der Waals surface area contributed by atoms with Crippen LogP contribution in [-0.4, -0.2) is 60.0 Å². The minimum Gasteiger partial charge on any atom is -0.339 e. The van der Waals surface area contributed by atoms with Crippen LogP contribution in [0.4, 0.5) is 0 Å². The Morgan fingerprint density at radius 3 is 2.48 bits per heavy atom. The number of hydrogen-bond donors (Lipinski definition) is 0. The molecule has 0 saturated carbocycles. The second-order valence-corrected chi connectivity index (χ2v) is 7.94. The van der Waals surface area contributed by atoms with Crippen molar-refractivity contribution >= 4 is 26.8 Å². The maximum absolute atomic E-state index is 12.5. The molecule has 6 nitrogen and oxygen atoms in total. The third-order valence-corrected chi connectivity index (χ3v) is 6.22. The van der Waals surface area contributed by atoms with Crippen molar-refractivity contribution in [3.8, 4) is 0 Å². The van der Waals surface area contributed by atoms with E-state index in [1.54, 1.807) is 11.8 Å². The van der Waals surface area contributed by atoms with Crippen LogP contribution in [0.3, 0.4) is 0 Å². The van der Waals surface area contributed by atoms with Gasteiger partial charge in [-0.25, -0.2) is 8.42 Å². The van der Waals surface area contributed by atoms with Crippen LogP contribution in [0.5, 0.6) is 0 Å². The Morgan fingerprint density at radius 1 is 1.09 bits per heavy atom. The second-order valence-electron chi connectivity index (χ2n) is 5.68. The van der Waals surface area contributed by atoms with Crippen molar-refractivity contribution in [2.75, 3.05) is 31.9 Å². The molecule has 2 aromatic rings.